The highest BCUT2D eigenvalue weighted by Crippen LogP contribution is 2.38. The molecule has 1 aromatic carbocycles. The molecule has 0 saturated carbocycles. The molecule has 0 spiro atoms. The van der Waals surface area contributed by atoms with Crippen LogP contribution < -0.4 is 14.2 Å². The molecule has 1 saturated heterocycles. The highest BCUT2D eigenvalue weighted by Gasteiger charge is 2.21. The lowest BCUT2D eigenvalue weighted by atomic mass is 9.92. The van der Waals surface area contributed by atoms with E-state index in [0.717, 1.165) is 26.1 Å². The number of benzene rings is 1. The van der Waals surface area contributed by atoms with Crippen molar-refractivity contribution in [3.8, 4) is 17.2 Å². The van der Waals surface area contributed by atoms with Crippen molar-refractivity contribution >= 4 is 5.78 Å². The van der Waals surface area contributed by atoms with Gasteiger partial charge in [-0.25, -0.2) is 0 Å². The van der Waals surface area contributed by atoms with Crippen LogP contribution in [-0.2, 0) is 4.74 Å². The first-order valence-corrected chi connectivity index (χ1v) is 7.10. The third-order valence-corrected chi connectivity index (χ3v) is 3.80. The number of hydrogen-bond donors (Lipinski definition) is 0. The Kier molecular flexibility index (Phi) is 5.44. The van der Waals surface area contributed by atoms with Crippen molar-refractivity contribution < 1.29 is 23.7 Å². The van der Waals surface area contributed by atoms with E-state index in [1.807, 2.05) is 0 Å². The summed E-state index contributed by atoms with van der Waals surface area (Å²) in [6.07, 6.45) is 2.41. The number of ether oxygens (including phenoxy) is 4. The molecular formula is C16H22O5. The fourth-order valence-corrected chi connectivity index (χ4v) is 2.57. The van der Waals surface area contributed by atoms with Crippen LogP contribution in [0.15, 0.2) is 12.1 Å². The minimum absolute atomic E-state index is 0.0983. The van der Waals surface area contributed by atoms with Crippen molar-refractivity contribution in [2.45, 2.75) is 19.3 Å². The quantitative estimate of drug-likeness (QED) is 0.755. The first kappa shape index (κ1) is 15.6. The molecule has 0 amide bonds. The summed E-state index contributed by atoms with van der Waals surface area (Å²) in [6.45, 7) is 1.49. The monoisotopic (exact) mass is 294 g/mol. The van der Waals surface area contributed by atoms with Crippen molar-refractivity contribution in [1.82, 2.24) is 0 Å². The Morgan fingerprint density at radius 3 is 2.14 bits per heavy atom. The topological polar surface area (TPSA) is 54.0 Å². The lowest BCUT2D eigenvalue weighted by Crippen LogP contribution is -2.18. The first-order chi connectivity index (χ1) is 10.2. The molecule has 1 aromatic rings. The van der Waals surface area contributed by atoms with E-state index in [4.69, 9.17) is 18.9 Å². The van der Waals surface area contributed by atoms with Crippen molar-refractivity contribution in [1.29, 1.82) is 0 Å². The molecule has 5 heteroatoms. The second-order valence-electron chi connectivity index (χ2n) is 5.10. The van der Waals surface area contributed by atoms with Gasteiger partial charge in [0.05, 0.1) is 21.3 Å². The van der Waals surface area contributed by atoms with Gasteiger partial charge in [-0.15, -0.1) is 0 Å². The molecule has 0 atom stereocenters. The predicted molar refractivity (Wildman–Crippen MR) is 78.6 cm³/mol. The molecule has 5 nitrogen and oxygen atoms in total. The SMILES string of the molecule is COc1cc(C(=O)CC2CCOCC2)cc(OC)c1OC. The number of carbonyl (C=O) groups excluding carboxylic acids is 1. The molecular weight excluding hydrogens is 272 g/mol. The zero-order chi connectivity index (χ0) is 15.2. The van der Waals surface area contributed by atoms with Crippen LogP contribution in [0.1, 0.15) is 29.6 Å². The smallest absolute Gasteiger partial charge is 0.203 e. The Bertz CT molecular complexity index is 466. The van der Waals surface area contributed by atoms with Crippen LogP contribution in [0.25, 0.3) is 0 Å². The third-order valence-electron chi connectivity index (χ3n) is 3.80. The number of carbonyl (C=O) groups is 1. The standard InChI is InChI=1S/C16H22O5/c1-18-14-9-12(10-15(19-2)16(14)20-3)13(17)8-11-4-6-21-7-5-11/h9-11H,4-8H2,1-3H3. The molecule has 1 fully saturated rings. The van der Waals surface area contributed by atoms with Crippen molar-refractivity contribution in [3.63, 3.8) is 0 Å². The highest BCUT2D eigenvalue weighted by atomic mass is 16.5. The molecule has 0 unspecified atom stereocenters. The fourth-order valence-electron chi connectivity index (χ4n) is 2.57. The molecule has 0 N–H and O–H groups in total. The van der Waals surface area contributed by atoms with Gasteiger partial charge in [0.2, 0.25) is 5.75 Å². The van der Waals surface area contributed by atoms with Gasteiger partial charge in [-0.05, 0) is 30.9 Å². The van der Waals surface area contributed by atoms with Gasteiger partial charge in [-0.3, -0.25) is 4.79 Å². The second-order valence-corrected chi connectivity index (χ2v) is 5.10. The van der Waals surface area contributed by atoms with E-state index >= 15 is 0 Å². The van der Waals surface area contributed by atoms with E-state index in [0.29, 0.717) is 35.2 Å². The summed E-state index contributed by atoms with van der Waals surface area (Å²) in [7, 11) is 4.64. The van der Waals surface area contributed by atoms with Crippen molar-refractivity contribution in [2.75, 3.05) is 34.5 Å². The largest absolute Gasteiger partial charge is 0.493 e. The Morgan fingerprint density at radius 2 is 1.67 bits per heavy atom. The molecule has 1 aliphatic heterocycles. The number of Topliss-reactive ketones (excluding diaryl/α,β-unsaturated/α-hetero) is 1. The van der Waals surface area contributed by atoms with Gasteiger partial charge < -0.3 is 18.9 Å². The van der Waals surface area contributed by atoms with Crippen molar-refractivity contribution in [2.24, 2.45) is 5.92 Å². The van der Waals surface area contributed by atoms with Gasteiger partial charge in [-0.2, -0.15) is 0 Å². The Labute approximate surface area is 125 Å². The molecule has 1 aliphatic rings. The Balaban J connectivity index is 2.19. The summed E-state index contributed by atoms with van der Waals surface area (Å²) in [5, 5.41) is 0. The van der Waals surface area contributed by atoms with E-state index in [1.165, 1.54) is 0 Å². The summed E-state index contributed by atoms with van der Waals surface area (Å²) in [5.74, 6) is 2.01. The summed E-state index contributed by atoms with van der Waals surface area (Å²) >= 11 is 0. The normalized spacial score (nSPS) is 15.6. The average Bonchev–Trinajstić information content (AvgIpc) is 2.54. The summed E-state index contributed by atoms with van der Waals surface area (Å²) in [6, 6.07) is 3.42. The van der Waals surface area contributed by atoms with Crippen LogP contribution in [0.5, 0.6) is 17.2 Å². The predicted octanol–water partition coefficient (Wildman–Crippen LogP) is 2.71. The Hall–Kier alpha value is -1.75. The molecule has 0 aromatic heterocycles. The third kappa shape index (κ3) is 3.67. The van der Waals surface area contributed by atoms with Crippen LogP contribution in [-0.4, -0.2) is 40.3 Å². The zero-order valence-electron chi connectivity index (χ0n) is 12.8. The maximum absolute atomic E-state index is 12.5. The zero-order valence-corrected chi connectivity index (χ0v) is 12.8. The van der Waals surface area contributed by atoms with Crippen LogP contribution in [0.3, 0.4) is 0 Å². The first-order valence-electron chi connectivity index (χ1n) is 7.10. The minimum atomic E-state index is 0.0983. The van der Waals surface area contributed by atoms with E-state index in [1.54, 1.807) is 33.5 Å². The van der Waals surface area contributed by atoms with Crippen LogP contribution >= 0.6 is 0 Å². The maximum Gasteiger partial charge on any atom is 0.203 e. The molecule has 2 rings (SSSR count). The van der Waals surface area contributed by atoms with Gasteiger partial charge in [0.25, 0.3) is 0 Å². The van der Waals surface area contributed by atoms with Crippen molar-refractivity contribution in [3.05, 3.63) is 17.7 Å². The lowest BCUT2D eigenvalue weighted by molar-refractivity contribution is 0.0601. The number of rotatable bonds is 6. The minimum Gasteiger partial charge on any atom is -0.493 e. The van der Waals surface area contributed by atoms with Gasteiger partial charge in [-0.1, -0.05) is 0 Å². The second kappa shape index (κ2) is 7.31. The number of methoxy groups -OCH3 is 3. The average molecular weight is 294 g/mol. The molecule has 116 valence electrons. The van der Waals surface area contributed by atoms with Crippen LogP contribution in [0, 0.1) is 5.92 Å². The van der Waals surface area contributed by atoms with E-state index in [-0.39, 0.29) is 5.78 Å². The van der Waals surface area contributed by atoms with Crippen LogP contribution in [0.2, 0.25) is 0 Å². The summed E-state index contributed by atoms with van der Waals surface area (Å²) in [5.41, 5.74) is 0.594. The summed E-state index contributed by atoms with van der Waals surface area (Å²) in [4.78, 5) is 12.5. The molecule has 0 aliphatic carbocycles. The highest BCUT2D eigenvalue weighted by molar-refractivity contribution is 5.97. The van der Waals surface area contributed by atoms with Gasteiger partial charge in [0.1, 0.15) is 0 Å². The fraction of sp³-hybridized carbons (Fsp3) is 0.562. The van der Waals surface area contributed by atoms with Crippen LogP contribution in [0.4, 0.5) is 0 Å². The number of ketones is 1. The van der Waals surface area contributed by atoms with Gasteiger partial charge in [0, 0.05) is 25.2 Å². The van der Waals surface area contributed by atoms with E-state index < -0.39 is 0 Å². The molecule has 0 bridgehead atoms. The Morgan fingerprint density at radius 1 is 1.10 bits per heavy atom. The molecule has 1 heterocycles. The molecule has 0 radical (unpaired) electrons. The van der Waals surface area contributed by atoms with Gasteiger partial charge in [0.15, 0.2) is 17.3 Å². The van der Waals surface area contributed by atoms with E-state index in [2.05, 4.69) is 0 Å². The summed E-state index contributed by atoms with van der Waals surface area (Å²) < 4.78 is 21.2. The van der Waals surface area contributed by atoms with Gasteiger partial charge >= 0.3 is 0 Å². The lowest BCUT2D eigenvalue weighted by Gasteiger charge is -2.21. The molecule has 21 heavy (non-hydrogen) atoms. The maximum atomic E-state index is 12.5. The van der Waals surface area contributed by atoms with E-state index in [9.17, 15) is 4.79 Å². The number of hydrogen-bond acceptors (Lipinski definition) is 5.